The van der Waals surface area contributed by atoms with Gasteiger partial charge in [-0.25, -0.2) is 8.42 Å². The first-order chi connectivity index (χ1) is 11.4. The van der Waals surface area contributed by atoms with E-state index in [-0.39, 0.29) is 23.3 Å². The monoisotopic (exact) mass is 348 g/mol. The topological polar surface area (TPSA) is 57.7 Å². The molecule has 2 heterocycles. The second-order valence-electron chi connectivity index (χ2n) is 7.47. The van der Waals surface area contributed by atoms with Gasteiger partial charge >= 0.3 is 0 Å². The third kappa shape index (κ3) is 2.56. The molecule has 1 saturated carbocycles. The SMILES string of the molecule is CS(=O)(=O)N1CC[C@@]2(c3ccccc3)CCN(C(=O)C3CC3)C[C@H]12. The summed E-state index contributed by atoms with van der Waals surface area (Å²) in [6.07, 6.45) is 4.93. The first kappa shape index (κ1) is 16.1. The first-order valence-corrected chi connectivity index (χ1v) is 10.6. The van der Waals surface area contributed by atoms with Crippen LogP contribution in [0.25, 0.3) is 0 Å². The quantitative estimate of drug-likeness (QED) is 0.834. The van der Waals surface area contributed by atoms with E-state index in [1.807, 2.05) is 23.1 Å². The molecule has 6 heteroatoms. The van der Waals surface area contributed by atoms with Crippen molar-refractivity contribution in [1.82, 2.24) is 9.21 Å². The molecule has 0 radical (unpaired) electrons. The molecule has 24 heavy (non-hydrogen) atoms. The average molecular weight is 348 g/mol. The molecule has 3 aliphatic rings. The minimum atomic E-state index is -3.28. The number of benzene rings is 1. The Kier molecular flexibility index (Phi) is 3.73. The number of carbonyl (C=O) groups is 1. The Morgan fingerprint density at radius 3 is 2.42 bits per heavy atom. The third-order valence-electron chi connectivity index (χ3n) is 6.00. The van der Waals surface area contributed by atoms with Gasteiger partial charge in [0.25, 0.3) is 0 Å². The average Bonchev–Trinajstić information content (AvgIpc) is 3.33. The van der Waals surface area contributed by atoms with Crippen molar-refractivity contribution in [2.75, 3.05) is 25.9 Å². The molecular weight excluding hydrogens is 324 g/mol. The van der Waals surface area contributed by atoms with Gasteiger partial charge in [0.05, 0.1) is 12.3 Å². The van der Waals surface area contributed by atoms with Crippen LogP contribution in [-0.2, 0) is 20.2 Å². The fourth-order valence-electron chi connectivity index (χ4n) is 4.54. The Labute approximate surface area is 143 Å². The van der Waals surface area contributed by atoms with Crippen LogP contribution in [0.15, 0.2) is 30.3 Å². The highest BCUT2D eigenvalue weighted by Crippen LogP contribution is 2.47. The van der Waals surface area contributed by atoms with Gasteiger partial charge in [-0.2, -0.15) is 4.31 Å². The maximum atomic E-state index is 12.5. The molecule has 0 aromatic heterocycles. The van der Waals surface area contributed by atoms with E-state index in [1.165, 1.54) is 11.8 Å². The van der Waals surface area contributed by atoms with Gasteiger partial charge in [0, 0.05) is 31.0 Å². The summed E-state index contributed by atoms with van der Waals surface area (Å²) in [7, 11) is -3.28. The Balaban J connectivity index is 1.70. The number of carbonyl (C=O) groups excluding carboxylic acids is 1. The van der Waals surface area contributed by atoms with Crippen LogP contribution in [0.5, 0.6) is 0 Å². The van der Waals surface area contributed by atoms with Crippen LogP contribution in [0.4, 0.5) is 0 Å². The predicted molar refractivity (Wildman–Crippen MR) is 92.0 cm³/mol. The Bertz CT molecular complexity index is 745. The van der Waals surface area contributed by atoms with Gasteiger partial charge in [-0.3, -0.25) is 4.79 Å². The number of sulfonamides is 1. The summed E-state index contributed by atoms with van der Waals surface area (Å²) in [4.78, 5) is 14.4. The molecule has 130 valence electrons. The number of nitrogens with zero attached hydrogens (tertiary/aromatic N) is 2. The molecule has 2 saturated heterocycles. The van der Waals surface area contributed by atoms with Crippen molar-refractivity contribution in [3.8, 4) is 0 Å². The van der Waals surface area contributed by atoms with Crippen LogP contribution in [-0.4, -0.2) is 55.5 Å². The van der Waals surface area contributed by atoms with Gasteiger partial charge in [-0.15, -0.1) is 0 Å². The van der Waals surface area contributed by atoms with E-state index in [4.69, 9.17) is 0 Å². The van der Waals surface area contributed by atoms with E-state index in [2.05, 4.69) is 12.1 Å². The summed E-state index contributed by atoms with van der Waals surface area (Å²) in [5.74, 6) is 0.402. The molecule has 1 amide bonds. The van der Waals surface area contributed by atoms with Gasteiger partial charge in [-0.1, -0.05) is 30.3 Å². The summed E-state index contributed by atoms with van der Waals surface area (Å²) in [5.41, 5.74) is 1.05. The zero-order chi connectivity index (χ0) is 16.9. The maximum absolute atomic E-state index is 12.5. The van der Waals surface area contributed by atoms with E-state index in [9.17, 15) is 13.2 Å². The predicted octanol–water partition coefficient (Wildman–Crippen LogP) is 1.60. The van der Waals surface area contributed by atoms with E-state index in [1.54, 1.807) is 4.31 Å². The third-order valence-corrected chi connectivity index (χ3v) is 7.29. The molecule has 0 bridgehead atoms. The van der Waals surface area contributed by atoms with Crippen molar-refractivity contribution in [1.29, 1.82) is 0 Å². The van der Waals surface area contributed by atoms with Gasteiger partial charge in [0.2, 0.25) is 15.9 Å². The summed E-state index contributed by atoms with van der Waals surface area (Å²) < 4.78 is 26.2. The number of likely N-dealkylation sites (tertiary alicyclic amines) is 1. The summed E-state index contributed by atoms with van der Waals surface area (Å²) in [6.45, 7) is 1.81. The Morgan fingerprint density at radius 2 is 1.79 bits per heavy atom. The lowest BCUT2D eigenvalue weighted by atomic mass is 9.69. The lowest BCUT2D eigenvalue weighted by Crippen LogP contribution is -2.57. The lowest BCUT2D eigenvalue weighted by Gasteiger charge is -2.46. The number of hydrogen-bond donors (Lipinski definition) is 0. The van der Waals surface area contributed by atoms with Crippen LogP contribution in [0.2, 0.25) is 0 Å². The molecule has 3 fully saturated rings. The second-order valence-corrected chi connectivity index (χ2v) is 9.41. The molecule has 1 aliphatic carbocycles. The van der Waals surface area contributed by atoms with Crippen molar-refractivity contribution >= 4 is 15.9 Å². The van der Waals surface area contributed by atoms with E-state index in [0.717, 1.165) is 32.2 Å². The normalized spacial score (nSPS) is 31.0. The summed E-state index contributed by atoms with van der Waals surface area (Å²) in [5, 5.41) is 0. The largest absolute Gasteiger partial charge is 0.341 e. The van der Waals surface area contributed by atoms with Gasteiger partial charge < -0.3 is 4.90 Å². The molecule has 2 atom stereocenters. The van der Waals surface area contributed by atoms with Crippen LogP contribution in [0.3, 0.4) is 0 Å². The van der Waals surface area contributed by atoms with E-state index >= 15 is 0 Å². The minimum absolute atomic E-state index is 0.147. The summed E-state index contributed by atoms with van der Waals surface area (Å²) >= 11 is 0. The highest BCUT2D eigenvalue weighted by molar-refractivity contribution is 7.88. The number of fused-ring (bicyclic) bond motifs is 1. The van der Waals surface area contributed by atoms with Gasteiger partial charge in [-0.05, 0) is 31.2 Å². The molecule has 4 rings (SSSR count). The highest BCUT2D eigenvalue weighted by Gasteiger charge is 2.54. The van der Waals surface area contributed by atoms with Crippen LogP contribution in [0.1, 0.15) is 31.2 Å². The molecule has 0 N–H and O–H groups in total. The van der Waals surface area contributed by atoms with Gasteiger partial charge in [0.1, 0.15) is 0 Å². The zero-order valence-corrected chi connectivity index (χ0v) is 14.8. The summed E-state index contributed by atoms with van der Waals surface area (Å²) in [6, 6.07) is 10.1. The fourth-order valence-corrected chi connectivity index (χ4v) is 5.69. The number of rotatable bonds is 3. The lowest BCUT2D eigenvalue weighted by molar-refractivity contribution is -0.135. The highest BCUT2D eigenvalue weighted by atomic mass is 32.2. The molecule has 1 aromatic rings. The molecule has 0 unspecified atom stereocenters. The van der Waals surface area contributed by atoms with E-state index in [0.29, 0.717) is 13.1 Å². The first-order valence-electron chi connectivity index (χ1n) is 8.73. The van der Waals surface area contributed by atoms with Gasteiger partial charge in [0.15, 0.2) is 0 Å². The minimum Gasteiger partial charge on any atom is -0.341 e. The van der Waals surface area contributed by atoms with Crippen molar-refractivity contribution < 1.29 is 13.2 Å². The molecule has 0 spiro atoms. The van der Waals surface area contributed by atoms with Crippen molar-refractivity contribution in [3.63, 3.8) is 0 Å². The Morgan fingerprint density at radius 1 is 1.12 bits per heavy atom. The number of piperidine rings is 1. The fraction of sp³-hybridized carbons (Fsp3) is 0.611. The molecule has 1 aromatic carbocycles. The second kappa shape index (κ2) is 5.56. The van der Waals surface area contributed by atoms with Crippen LogP contribution >= 0.6 is 0 Å². The van der Waals surface area contributed by atoms with Crippen molar-refractivity contribution in [2.45, 2.75) is 37.1 Å². The van der Waals surface area contributed by atoms with Crippen molar-refractivity contribution in [3.05, 3.63) is 35.9 Å². The zero-order valence-electron chi connectivity index (χ0n) is 14.0. The molecular formula is C18H24N2O3S. The molecule has 5 nitrogen and oxygen atoms in total. The van der Waals surface area contributed by atoms with Crippen LogP contribution in [0, 0.1) is 5.92 Å². The van der Waals surface area contributed by atoms with Crippen LogP contribution < -0.4 is 0 Å². The Hall–Kier alpha value is -1.40. The molecule has 2 aliphatic heterocycles. The van der Waals surface area contributed by atoms with E-state index < -0.39 is 10.0 Å². The smallest absolute Gasteiger partial charge is 0.225 e. The standard InChI is InChI=1S/C18H24N2O3S/c1-24(22,23)20-12-10-18(15-5-3-2-4-6-15)9-11-19(13-16(18)20)17(21)14-7-8-14/h2-6,14,16H,7-13H2,1H3/t16-,18+/m0/s1. The van der Waals surface area contributed by atoms with Crippen molar-refractivity contribution in [2.24, 2.45) is 5.92 Å². The number of hydrogen-bond acceptors (Lipinski definition) is 3. The number of amides is 1. The maximum Gasteiger partial charge on any atom is 0.225 e.